The third kappa shape index (κ3) is 3.55. The summed E-state index contributed by atoms with van der Waals surface area (Å²) in [6.45, 7) is 4.74. The van der Waals surface area contributed by atoms with E-state index >= 15 is 0 Å². The van der Waals surface area contributed by atoms with E-state index < -0.39 is 0 Å². The molecular formula is C15H20N2OS. The van der Waals surface area contributed by atoms with Crippen molar-refractivity contribution >= 4 is 27.3 Å². The van der Waals surface area contributed by atoms with Gasteiger partial charge in [-0.25, -0.2) is 0 Å². The Morgan fingerprint density at radius 2 is 2.16 bits per heavy atom. The summed E-state index contributed by atoms with van der Waals surface area (Å²) < 4.78 is 1.20. The standard InChI is InChI=1S/C15H20N2OS/c1-10(2)7-13(9-16)17-15(18)12-3-4-14-11(8-12)5-6-19-14/h3-6,8,10,13H,7,9,16H2,1-2H3,(H,17,18). The number of hydrogen-bond donors (Lipinski definition) is 2. The molecule has 0 aliphatic rings. The van der Waals surface area contributed by atoms with Gasteiger partial charge < -0.3 is 11.1 Å². The number of thiophene rings is 1. The van der Waals surface area contributed by atoms with Gasteiger partial charge in [-0.1, -0.05) is 13.8 Å². The predicted molar refractivity (Wildman–Crippen MR) is 81.6 cm³/mol. The zero-order chi connectivity index (χ0) is 13.8. The largest absolute Gasteiger partial charge is 0.348 e. The van der Waals surface area contributed by atoms with Gasteiger partial charge in [-0.05, 0) is 47.4 Å². The van der Waals surface area contributed by atoms with E-state index in [1.807, 2.05) is 29.6 Å². The molecule has 1 aromatic heterocycles. The third-order valence-electron chi connectivity index (χ3n) is 3.09. The van der Waals surface area contributed by atoms with Crippen LogP contribution in [0.25, 0.3) is 10.1 Å². The van der Waals surface area contributed by atoms with Gasteiger partial charge in [0.25, 0.3) is 5.91 Å². The molecule has 0 bridgehead atoms. The molecule has 0 spiro atoms. The van der Waals surface area contributed by atoms with Gasteiger partial charge >= 0.3 is 0 Å². The van der Waals surface area contributed by atoms with E-state index in [1.54, 1.807) is 11.3 Å². The Bertz CT molecular complexity index is 562. The van der Waals surface area contributed by atoms with Crippen molar-refractivity contribution in [1.29, 1.82) is 0 Å². The summed E-state index contributed by atoms with van der Waals surface area (Å²) in [4.78, 5) is 12.2. The molecule has 3 nitrogen and oxygen atoms in total. The lowest BCUT2D eigenvalue weighted by Gasteiger charge is -2.18. The monoisotopic (exact) mass is 276 g/mol. The number of rotatable bonds is 5. The summed E-state index contributed by atoms with van der Waals surface area (Å²) in [7, 11) is 0. The fourth-order valence-electron chi connectivity index (χ4n) is 2.16. The Labute approximate surface area is 117 Å². The molecule has 1 heterocycles. The molecule has 0 aliphatic heterocycles. The number of carbonyl (C=O) groups is 1. The maximum absolute atomic E-state index is 12.2. The van der Waals surface area contributed by atoms with Crippen molar-refractivity contribution in [2.24, 2.45) is 11.7 Å². The second-order valence-corrected chi connectivity index (χ2v) is 6.16. The van der Waals surface area contributed by atoms with E-state index in [0.29, 0.717) is 18.0 Å². The molecule has 0 radical (unpaired) electrons. The number of hydrogen-bond acceptors (Lipinski definition) is 3. The van der Waals surface area contributed by atoms with Gasteiger partial charge in [0.2, 0.25) is 0 Å². The van der Waals surface area contributed by atoms with Crippen LogP contribution in [0.4, 0.5) is 0 Å². The Balaban J connectivity index is 2.09. The molecule has 1 amide bonds. The van der Waals surface area contributed by atoms with Crippen molar-refractivity contribution in [3.05, 3.63) is 35.2 Å². The molecule has 4 heteroatoms. The van der Waals surface area contributed by atoms with Crippen LogP contribution in [-0.2, 0) is 0 Å². The Hall–Kier alpha value is -1.39. The number of carbonyl (C=O) groups excluding carboxylic acids is 1. The Kier molecular flexibility index (Phi) is 4.56. The molecule has 0 aliphatic carbocycles. The van der Waals surface area contributed by atoms with Crippen LogP contribution in [-0.4, -0.2) is 18.5 Å². The van der Waals surface area contributed by atoms with E-state index in [-0.39, 0.29) is 11.9 Å². The van der Waals surface area contributed by atoms with Crippen molar-refractivity contribution in [3.63, 3.8) is 0 Å². The van der Waals surface area contributed by atoms with Crippen molar-refractivity contribution in [1.82, 2.24) is 5.32 Å². The minimum absolute atomic E-state index is 0.0378. The van der Waals surface area contributed by atoms with Gasteiger partial charge in [-0.15, -0.1) is 11.3 Å². The highest BCUT2D eigenvalue weighted by Crippen LogP contribution is 2.21. The number of nitrogens with one attached hydrogen (secondary N) is 1. The number of fused-ring (bicyclic) bond motifs is 1. The fraction of sp³-hybridized carbons (Fsp3) is 0.400. The molecule has 0 saturated carbocycles. The summed E-state index contributed by atoms with van der Waals surface area (Å²) in [5.41, 5.74) is 6.41. The van der Waals surface area contributed by atoms with Crippen LogP contribution in [0.1, 0.15) is 30.6 Å². The normalized spacial score (nSPS) is 12.8. The Morgan fingerprint density at radius 3 is 2.84 bits per heavy atom. The van der Waals surface area contributed by atoms with Gasteiger partial charge in [0.1, 0.15) is 0 Å². The minimum atomic E-state index is -0.0378. The quantitative estimate of drug-likeness (QED) is 0.882. The smallest absolute Gasteiger partial charge is 0.251 e. The summed E-state index contributed by atoms with van der Waals surface area (Å²) in [6.07, 6.45) is 0.906. The van der Waals surface area contributed by atoms with E-state index in [1.165, 1.54) is 4.70 Å². The second-order valence-electron chi connectivity index (χ2n) is 5.21. The topological polar surface area (TPSA) is 55.1 Å². The van der Waals surface area contributed by atoms with Gasteiger partial charge in [-0.3, -0.25) is 4.79 Å². The molecule has 102 valence electrons. The maximum atomic E-state index is 12.2. The Morgan fingerprint density at radius 1 is 1.37 bits per heavy atom. The lowest BCUT2D eigenvalue weighted by molar-refractivity contribution is 0.0934. The average molecular weight is 276 g/mol. The van der Waals surface area contributed by atoms with Gasteiger partial charge in [0.15, 0.2) is 0 Å². The highest BCUT2D eigenvalue weighted by molar-refractivity contribution is 7.17. The van der Waals surface area contributed by atoms with Crippen molar-refractivity contribution in [3.8, 4) is 0 Å². The van der Waals surface area contributed by atoms with Gasteiger partial charge in [-0.2, -0.15) is 0 Å². The number of benzene rings is 1. The van der Waals surface area contributed by atoms with E-state index in [4.69, 9.17) is 5.73 Å². The first kappa shape index (κ1) is 14.0. The molecule has 3 N–H and O–H groups in total. The van der Waals surface area contributed by atoms with Crippen LogP contribution < -0.4 is 11.1 Å². The second kappa shape index (κ2) is 6.17. The molecule has 19 heavy (non-hydrogen) atoms. The van der Waals surface area contributed by atoms with Crippen molar-refractivity contribution in [2.75, 3.05) is 6.54 Å². The van der Waals surface area contributed by atoms with Crippen LogP contribution in [0.15, 0.2) is 29.6 Å². The predicted octanol–water partition coefficient (Wildman–Crippen LogP) is 3.00. The van der Waals surface area contributed by atoms with Gasteiger partial charge in [0, 0.05) is 22.8 Å². The maximum Gasteiger partial charge on any atom is 0.251 e. The molecule has 2 rings (SSSR count). The molecule has 1 unspecified atom stereocenters. The molecule has 1 aromatic carbocycles. The third-order valence-corrected chi connectivity index (χ3v) is 3.99. The van der Waals surface area contributed by atoms with Crippen LogP contribution in [0, 0.1) is 5.92 Å². The number of amides is 1. The molecule has 2 aromatic rings. The summed E-state index contributed by atoms with van der Waals surface area (Å²) >= 11 is 1.68. The number of nitrogens with two attached hydrogens (primary N) is 1. The molecule has 0 fully saturated rings. The van der Waals surface area contributed by atoms with Gasteiger partial charge in [0.05, 0.1) is 0 Å². The van der Waals surface area contributed by atoms with E-state index in [2.05, 4.69) is 19.2 Å². The minimum Gasteiger partial charge on any atom is -0.348 e. The van der Waals surface area contributed by atoms with Crippen LogP contribution in [0.5, 0.6) is 0 Å². The average Bonchev–Trinajstić information content (AvgIpc) is 2.84. The first-order valence-electron chi connectivity index (χ1n) is 6.58. The summed E-state index contributed by atoms with van der Waals surface area (Å²) in [6, 6.07) is 7.88. The van der Waals surface area contributed by atoms with Crippen molar-refractivity contribution in [2.45, 2.75) is 26.3 Å². The first-order chi connectivity index (χ1) is 9.10. The first-order valence-corrected chi connectivity index (χ1v) is 7.46. The van der Waals surface area contributed by atoms with Crippen LogP contribution in [0.2, 0.25) is 0 Å². The molecule has 0 saturated heterocycles. The molecular weight excluding hydrogens is 256 g/mol. The summed E-state index contributed by atoms with van der Waals surface area (Å²) in [5.74, 6) is 0.484. The highest BCUT2D eigenvalue weighted by atomic mass is 32.1. The van der Waals surface area contributed by atoms with E-state index in [9.17, 15) is 4.79 Å². The highest BCUT2D eigenvalue weighted by Gasteiger charge is 2.14. The lowest BCUT2D eigenvalue weighted by atomic mass is 10.0. The lowest BCUT2D eigenvalue weighted by Crippen LogP contribution is -2.41. The fourth-order valence-corrected chi connectivity index (χ4v) is 2.93. The van der Waals surface area contributed by atoms with Crippen LogP contribution in [0.3, 0.4) is 0 Å². The van der Waals surface area contributed by atoms with E-state index in [0.717, 1.165) is 11.8 Å². The van der Waals surface area contributed by atoms with Crippen molar-refractivity contribution < 1.29 is 4.79 Å². The molecule has 1 atom stereocenters. The SMILES string of the molecule is CC(C)CC(CN)NC(=O)c1ccc2sccc2c1. The summed E-state index contributed by atoms with van der Waals surface area (Å²) in [5, 5.41) is 6.16. The van der Waals surface area contributed by atoms with Crippen LogP contribution >= 0.6 is 11.3 Å². The zero-order valence-corrected chi connectivity index (χ0v) is 12.2. The zero-order valence-electron chi connectivity index (χ0n) is 11.3.